The van der Waals surface area contributed by atoms with Crippen LogP contribution in [0.1, 0.15) is 29.8 Å². The molecule has 1 atom stereocenters. The van der Waals surface area contributed by atoms with E-state index in [2.05, 4.69) is 10.4 Å². The molecular weight excluding hydrogens is 454 g/mol. The van der Waals surface area contributed by atoms with E-state index in [0.29, 0.717) is 16.1 Å². The van der Waals surface area contributed by atoms with E-state index in [0.717, 1.165) is 21.3 Å². The molecule has 32 heavy (non-hydrogen) atoms. The molecule has 1 aromatic carbocycles. The molecule has 0 unspecified atom stereocenters. The van der Waals surface area contributed by atoms with Crippen LogP contribution in [0.4, 0.5) is 5.00 Å². The van der Waals surface area contributed by atoms with Crippen molar-refractivity contribution in [3.8, 4) is 5.69 Å². The second-order valence-electron chi connectivity index (χ2n) is 7.59. The smallest absolute Gasteiger partial charge is 0.262 e. The summed E-state index contributed by atoms with van der Waals surface area (Å²) in [6.45, 7) is 3.38. The van der Waals surface area contributed by atoms with Gasteiger partial charge in [0.05, 0.1) is 10.7 Å². The van der Waals surface area contributed by atoms with Crippen LogP contribution in [-0.4, -0.2) is 45.6 Å². The molecule has 4 rings (SSSR count). The van der Waals surface area contributed by atoms with Gasteiger partial charge in [-0.15, -0.1) is 11.3 Å². The molecule has 0 aliphatic carbocycles. The number of nitrogens with zero attached hydrogens (tertiary/aromatic N) is 3. The van der Waals surface area contributed by atoms with Crippen LogP contribution in [0.3, 0.4) is 0 Å². The van der Waals surface area contributed by atoms with E-state index in [9.17, 15) is 18.0 Å². The fourth-order valence-corrected chi connectivity index (χ4v) is 7.00. The van der Waals surface area contributed by atoms with Gasteiger partial charge >= 0.3 is 0 Å². The number of rotatable bonds is 6. The molecule has 3 heterocycles. The van der Waals surface area contributed by atoms with E-state index in [1.165, 1.54) is 0 Å². The Morgan fingerprint density at radius 3 is 2.50 bits per heavy atom. The van der Waals surface area contributed by atoms with Gasteiger partial charge in [0.15, 0.2) is 0 Å². The Kier molecular flexibility index (Phi) is 5.86. The minimum Gasteiger partial charge on any atom is -0.314 e. The Morgan fingerprint density at radius 1 is 1.22 bits per heavy atom. The highest BCUT2D eigenvalue weighted by Crippen LogP contribution is 2.41. The van der Waals surface area contributed by atoms with Gasteiger partial charge < -0.3 is 5.32 Å². The number of hydrogen-bond acceptors (Lipinski definition) is 7. The number of carbonyl (C=O) groups is 2. The van der Waals surface area contributed by atoms with Crippen LogP contribution in [-0.2, 0) is 21.4 Å². The van der Waals surface area contributed by atoms with Crippen molar-refractivity contribution in [1.29, 1.82) is 0 Å². The zero-order valence-corrected chi connectivity index (χ0v) is 18.9. The van der Waals surface area contributed by atoms with Gasteiger partial charge in [0.25, 0.3) is 21.8 Å². The second-order valence-corrected chi connectivity index (χ2v) is 10.7. The van der Waals surface area contributed by atoms with Crippen molar-refractivity contribution >= 4 is 38.2 Å². The minimum atomic E-state index is -3.94. The van der Waals surface area contributed by atoms with E-state index < -0.39 is 22.0 Å². The molecule has 0 saturated carbocycles. The maximum Gasteiger partial charge on any atom is 0.262 e. The molecule has 0 spiro atoms. The van der Waals surface area contributed by atoms with Gasteiger partial charge in [0, 0.05) is 30.1 Å². The lowest BCUT2D eigenvalue weighted by atomic mass is 10.0. The number of hydrogen-bond donors (Lipinski definition) is 3. The molecule has 12 heteroatoms. The number of amides is 2. The van der Waals surface area contributed by atoms with Gasteiger partial charge in [-0.2, -0.15) is 9.40 Å². The molecule has 1 aliphatic heterocycles. The normalized spacial score (nSPS) is 16.0. The van der Waals surface area contributed by atoms with Crippen LogP contribution < -0.4 is 10.8 Å². The van der Waals surface area contributed by atoms with Gasteiger partial charge in [-0.25, -0.2) is 18.6 Å². The van der Waals surface area contributed by atoms with Gasteiger partial charge in [-0.3, -0.25) is 14.8 Å². The van der Waals surface area contributed by atoms with E-state index in [4.69, 9.17) is 5.21 Å². The highest BCUT2D eigenvalue weighted by atomic mass is 32.2. The Balaban J connectivity index is 1.51. The van der Waals surface area contributed by atoms with Crippen LogP contribution in [0.2, 0.25) is 0 Å². The number of anilines is 1. The predicted octanol–water partition coefficient (Wildman–Crippen LogP) is 2.22. The number of carbonyl (C=O) groups excluding carboxylic acids is 2. The fourth-order valence-electron chi connectivity index (χ4n) is 3.61. The van der Waals surface area contributed by atoms with Crippen molar-refractivity contribution in [2.45, 2.75) is 30.6 Å². The summed E-state index contributed by atoms with van der Waals surface area (Å²) in [6, 6.07) is 9.19. The summed E-state index contributed by atoms with van der Waals surface area (Å²) in [5.41, 5.74) is 3.26. The second kappa shape index (κ2) is 8.47. The third kappa shape index (κ3) is 3.93. The number of hydroxylamine groups is 1. The molecule has 2 amide bonds. The summed E-state index contributed by atoms with van der Waals surface area (Å²) in [5.74, 6) is -1.51. The van der Waals surface area contributed by atoms with Crippen LogP contribution in [0.5, 0.6) is 0 Å². The lowest BCUT2D eigenvalue weighted by Crippen LogP contribution is -2.49. The molecule has 0 saturated heterocycles. The van der Waals surface area contributed by atoms with E-state index >= 15 is 0 Å². The maximum atomic E-state index is 13.0. The van der Waals surface area contributed by atoms with Crippen LogP contribution in [0.25, 0.3) is 5.69 Å². The standard InChI is InChI=1S/C20H21N5O5S2/c1-12(2)17(19(27)23-28)25-11-14-10-16(31-20(14)32(25,29)30)22-18(26)13-4-6-15(7-5-13)24-9-3-8-21-24/h3-10,12,17,28H,11H2,1-2H3,(H,22,26)(H,23,27)/t17-/m1/s1. The molecule has 3 N–H and O–H groups in total. The molecule has 3 aromatic rings. The average molecular weight is 476 g/mol. The van der Waals surface area contributed by atoms with Crippen LogP contribution in [0, 0.1) is 5.92 Å². The van der Waals surface area contributed by atoms with Gasteiger partial charge in [0.1, 0.15) is 10.3 Å². The molecule has 0 radical (unpaired) electrons. The number of aromatic nitrogens is 2. The first-order chi connectivity index (χ1) is 15.2. The Hall–Kier alpha value is -3.06. The van der Waals surface area contributed by atoms with Crippen molar-refractivity contribution in [3.63, 3.8) is 0 Å². The van der Waals surface area contributed by atoms with Crippen LogP contribution >= 0.6 is 11.3 Å². The Morgan fingerprint density at radius 2 is 1.94 bits per heavy atom. The molecule has 1 aliphatic rings. The van der Waals surface area contributed by atoms with Crippen molar-refractivity contribution in [3.05, 3.63) is 59.9 Å². The number of fused-ring (bicyclic) bond motifs is 1. The lowest BCUT2D eigenvalue weighted by Gasteiger charge is -2.27. The molecule has 0 bridgehead atoms. The third-order valence-corrected chi connectivity index (χ3v) is 8.57. The molecule has 0 fully saturated rings. The minimum absolute atomic E-state index is 0.0150. The van der Waals surface area contributed by atoms with Crippen molar-refractivity contribution in [1.82, 2.24) is 19.6 Å². The first-order valence-electron chi connectivity index (χ1n) is 9.72. The SMILES string of the molecule is CC(C)[C@H](C(=O)NO)N1Cc2cc(NC(=O)c3ccc(-n4cccn4)cc3)sc2S1(=O)=O. The maximum absolute atomic E-state index is 13.0. The van der Waals surface area contributed by atoms with Gasteiger partial charge in [0.2, 0.25) is 0 Å². The van der Waals surface area contributed by atoms with Gasteiger partial charge in [-0.1, -0.05) is 13.8 Å². The zero-order chi connectivity index (χ0) is 23.0. The summed E-state index contributed by atoms with van der Waals surface area (Å²) < 4.78 is 28.9. The summed E-state index contributed by atoms with van der Waals surface area (Å²) >= 11 is 0.935. The third-order valence-electron chi connectivity index (χ3n) is 5.10. The largest absolute Gasteiger partial charge is 0.314 e. The number of benzene rings is 1. The average Bonchev–Trinajstić information content (AvgIpc) is 3.47. The van der Waals surface area contributed by atoms with Crippen molar-refractivity contribution in [2.24, 2.45) is 5.92 Å². The Bertz CT molecular complexity index is 1250. The quantitative estimate of drug-likeness (QED) is 0.370. The first-order valence-corrected chi connectivity index (χ1v) is 12.0. The predicted molar refractivity (Wildman–Crippen MR) is 117 cm³/mol. The summed E-state index contributed by atoms with van der Waals surface area (Å²) in [6.07, 6.45) is 3.45. The molecule has 2 aromatic heterocycles. The van der Waals surface area contributed by atoms with Crippen LogP contribution in [0.15, 0.2) is 53.0 Å². The van der Waals surface area contributed by atoms with E-state index in [1.807, 2.05) is 0 Å². The summed E-state index contributed by atoms with van der Waals surface area (Å²) in [7, 11) is -3.94. The Labute approximate surface area is 188 Å². The highest BCUT2D eigenvalue weighted by Gasteiger charge is 2.45. The highest BCUT2D eigenvalue weighted by molar-refractivity contribution is 7.91. The number of thiophene rings is 1. The van der Waals surface area contributed by atoms with E-state index in [1.54, 1.807) is 72.8 Å². The topological polar surface area (TPSA) is 134 Å². The summed E-state index contributed by atoms with van der Waals surface area (Å²) in [5, 5.41) is 16.3. The monoisotopic (exact) mass is 475 g/mol. The molecular formula is C20H21N5O5S2. The van der Waals surface area contributed by atoms with Gasteiger partial charge in [-0.05, 0) is 42.3 Å². The fraction of sp³-hybridized carbons (Fsp3) is 0.250. The lowest BCUT2D eigenvalue weighted by molar-refractivity contribution is -0.134. The summed E-state index contributed by atoms with van der Waals surface area (Å²) in [4.78, 5) is 24.7. The number of sulfonamides is 1. The molecule has 10 nitrogen and oxygen atoms in total. The van der Waals surface area contributed by atoms with Crippen molar-refractivity contribution in [2.75, 3.05) is 5.32 Å². The zero-order valence-electron chi connectivity index (χ0n) is 17.2. The number of nitrogens with one attached hydrogen (secondary N) is 2. The van der Waals surface area contributed by atoms with Crippen molar-refractivity contribution < 1.29 is 23.2 Å². The first kappa shape index (κ1) is 22.1. The molecule has 168 valence electrons. The van der Waals surface area contributed by atoms with E-state index in [-0.39, 0.29) is 22.6 Å².